The number of phosphoric ester groups is 1. The van der Waals surface area contributed by atoms with Crippen LogP contribution in [0.2, 0.25) is 0 Å². The molecule has 3 unspecified atom stereocenters. The van der Waals surface area contributed by atoms with Crippen molar-refractivity contribution in [3.8, 4) is 0 Å². The molecular weight excluding hydrogens is 707 g/mol. The SMILES string of the molecule is CCCCCCCCCCCCCCCCC/C=C/CC/C=C/C(O)C(COP(=O)(O)OCC[N+](C)(C)C)NC(=O)CCCCCCCCCCCCCC. The highest BCUT2D eigenvalue weighted by Gasteiger charge is 2.27. The largest absolute Gasteiger partial charge is 0.472 e. The van der Waals surface area contributed by atoms with Crippen LogP contribution in [0.4, 0.5) is 0 Å². The summed E-state index contributed by atoms with van der Waals surface area (Å²) in [6, 6.07) is -0.857. The summed E-state index contributed by atoms with van der Waals surface area (Å²) < 4.78 is 23.5. The summed E-state index contributed by atoms with van der Waals surface area (Å²) in [6.07, 6.45) is 45.4. The average Bonchev–Trinajstić information content (AvgIpc) is 3.13. The van der Waals surface area contributed by atoms with Gasteiger partial charge in [-0.1, -0.05) is 199 Å². The highest BCUT2D eigenvalue weighted by molar-refractivity contribution is 7.47. The van der Waals surface area contributed by atoms with Gasteiger partial charge in [0.15, 0.2) is 0 Å². The van der Waals surface area contributed by atoms with Crippen LogP contribution in [0.25, 0.3) is 0 Å². The fourth-order valence-corrected chi connectivity index (χ4v) is 7.44. The van der Waals surface area contributed by atoms with Crippen molar-refractivity contribution in [1.29, 1.82) is 0 Å². The van der Waals surface area contributed by atoms with Gasteiger partial charge in [-0.3, -0.25) is 13.8 Å². The zero-order valence-corrected chi connectivity index (χ0v) is 37.8. The molecule has 0 saturated heterocycles. The number of phosphoric acid groups is 1. The number of carbonyl (C=O) groups is 1. The number of aliphatic hydroxyl groups is 1. The van der Waals surface area contributed by atoms with Gasteiger partial charge >= 0.3 is 7.82 Å². The number of allylic oxidation sites excluding steroid dienone is 3. The molecule has 0 aliphatic carbocycles. The molecule has 0 fully saturated rings. The lowest BCUT2D eigenvalue weighted by molar-refractivity contribution is -0.870. The van der Waals surface area contributed by atoms with Gasteiger partial charge in [-0.25, -0.2) is 4.57 Å². The lowest BCUT2D eigenvalue weighted by atomic mass is 10.0. The van der Waals surface area contributed by atoms with Crippen LogP contribution in [-0.4, -0.2) is 73.4 Å². The summed E-state index contributed by atoms with van der Waals surface area (Å²) in [7, 11) is 1.56. The average molecular weight is 800 g/mol. The number of rotatable bonds is 42. The summed E-state index contributed by atoms with van der Waals surface area (Å²) in [5.74, 6) is -0.186. The Morgan fingerprint density at radius 2 is 1.00 bits per heavy atom. The molecular formula is C46H92N2O6P+. The lowest BCUT2D eigenvalue weighted by Crippen LogP contribution is -2.45. The number of carbonyl (C=O) groups excluding carboxylic acids is 1. The van der Waals surface area contributed by atoms with Crippen LogP contribution in [-0.2, 0) is 18.4 Å². The number of unbranched alkanes of at least 4 members (excludes halogenated alkanes) is 27. The van der Waals surface area contributed by atoms with E-state index < -0.39 is 20.0 Å². The Morgan fingerprint density at radius 1 is 0.600 bits per heavy atom. The Labute approximate surface area is 341 Å². The maximum Gasteiger partial charge on any atom is 0.472 e. The van der Waals surface area contributed by atoms with E-state index in [9.17, 15) is 19.4 Å². The van der Waals surface area contributed by atoms with Crippen LogP contribution < -0.4 is 5.32 Å². The van der Waals surface area contributed by atoms with Gasteiger partial charge in [-0.05, 0) is 32.1 Å². The van der Waals surface area contributed by atoms with Crippen molar-refractivity contribution >= 4 is 13.7 Å². The van der Waals surface area contributed by atoms with Crippen LogP contribution in [0.5, 0.6) is 0 Å². The molecule has 8 nitrogen and oxygen atoms in total. The van der Waals surface area contributed by atoms with Gasteiger partial charge in [0.25, 0.3) is 0 Å². The highest BCUT2D eigenvalue weighted by Crippen LogP contribution is 2.43. The van der Waals surface area contributed by atoms with Gasteiger partial charge in [0, 0.05) is 6.42 Å². The van der Waals surface area contributed by atoms with Gasteiger partial charge in [-0.2, -0.15) is 0 Å². The molecule has 0 aromatic rings. The van der Waals surface area contributed by atoms with Crippen molar-refractivity contribution in [2.45, 2.75) is 225 Å². The zero-order chi connectivity index (χ0) is 40.7. The first kappa shape index (κ1) is 54.0. The summed E-state index contributed by atoms with van der Waals surface area (Å²) in [5, 5.41) is 13.8. The molecule has 0 radical (unpaired) electrons. The molecule has 1 amide bonds. The second kappa shape index (κ2) is 38.5. The third kappa shape index (κ3) is 41.0. The van der Waals surface area contributed by atoms with E-state index >= 15 is 0 Å². The molecule has 0 aliphatic heterocycles. The number of amides is 1. The predicted molar refractivity (Wildman–Crippen MR) is 235 cm³/mol. The molecule has 0 aromatic heterocycles. The quantitative estimate of drug-likeness (QED) is 0.0246. The molecule has 0 heterocycles. The van der Waals surface area contributed by atoms with Crippen molar-refractivity contribution in [1.82, 2.24) is 5.32 Å². The lowest BCUT2D eigenvalue weighted by Gasteiger charge is -2.25. The van der Waals surface area contributed by atoms with E-state index in [0.717, 1.165) is 38.5 Å². The smallest absolute Gasteiger partial charge is 0.387 e. The number of quaternary nitrogens is 1. The Balaban J connectivity index is 4.39. The topological polar surface area (TPSA) is 105 Å². The van der Waals surface area contributed by atoms with Crippen LogP contribution >= 0.6 is 7.82 Å². The number of hydrogen-bond acceptors (Lipinski definition) is 5. The number of nitrogens with zero attached hydrogens (tertiary/aromatic N) is 1. The highest BCUT2D eigenvalue weighted by atomic mass is 31.2. The molecule has 0 aliphatic rings. The van der Waals surface area contributed by atoms with Crippen LogP contribution in [0.15, 0.2) is 24.3 Å². The summed E-state index contributed by atoms with van der Waals surface area (Å²) in [4.78, 5) is 23.1. The number of nitrogens with one attached hydrogen (secondary N) is 1. The van der Waals surface area contributed by atoms with Crippen molar-refractivity contribution in [2.75, 3.05) is 40.9 Å². The molecule has 0 rings (SSSR count). The second-order valence-electron chi connectivity index (χ2n) is 17.1. The Hall–Kier alpha value is -1.02. The van der Waals surface area contributed by atoms with Gasteiger partial charge in [0.05, 0.1) is 39.9 Å². The van der Waals surface area contributed by atoms with Crippen LogP contribution in [0.3, 0.4) is 0 Å². The standard InChI is InChI=1S/C46H91N2O6P/c1-6-8-10-12-14-16-18-20-21-22-23-24-25-26-27-28-29-31-33-35-37-39-45(49)44(43-54-55(51,52)53-42-41-48(3,4)5)47-46(50)40-38-36-34-32-30-19-17-15-13-11-9-7-2/h29,31,37,39,44-45,49H,6-28,30,32-36,38,40-43H2,1-5H3,(H-,47,50,51,52)/p+1/b31-29+,39-37+. The molecule has 326 valence electrons. The fraction of sp³-hybridized carbons (Fsp3) is 0.891. The van der Waals surface area contributed by atoms with Gasteiger partial charge in [0.2, 0.25) is 5.91 Å². The van der Waals surface area contributed by atoms with E-state index in [4.69, 9.17) is 9.05 Å². The van der Waals surface area contributed by atoms with Crippen molar-refractivity contribution in [3.05, 3.63) is 24.3 Å². The summed E-state index contributed by atoms with van der Waals surface area (Å²) >= 11 is 0. The monoisotopic (exact) mass is 800 g/mol. The third-order valence-corrected chi connectivity index (χ3v) is 11.4. The molecule has 3 atom stereocenters. The van der Waals surface area contributed by atoms with E-state index in [1.54, 1.807) is 6.08 Å². The molecule has 0 bridgehead atoms. The fourth-order valence-electron chi connectivity index (χ4n) is 6.70. The van der Waals surface area contributed by atoms with E-state index in [0.29, 0.717) is 17.4 Å². The summed E-state index contributed by atoms with van der Waals surface area (Å²) in [5.41, 5.74) is 0. The van der Waals surface area contributed by atoms with Crippen LogP contribution in [0.1, 0.15) is 213 Å². The predicted octanol–water partition coefficient (Wildman–Crippen LogP) is 12.9. The number of aliphatic hydroxyl groups excluding tert-OH is 1. The zero-order valence-electron chi connectivity index (χ0n) is 36.9. The molecule has 0 saturated carbocycles. The first-order valence-electron chi connectivity index (χ1n) is 23.2. The maximum absolute atomic E-state index is 12.8. The Kier molecular flexibility index (Phi) is 37.8. The second-order valence-corrected chi connectivity index (χ2v) is 18.6. The molecule has 0 spiro atoms. The molecule has 55 heavy (non-hydrogen) atoms. The maximum atomic E-state index is 12.8. The van der Waals surface area contributed by atoms with E-state index in [-0.39, 0.29) is 19.1 Å². The van der Waals surface area contributed by atoms with Crippen LogP contribution in [0, 0.1) is 0 Å². The minimum Gasteiger partial charge on any atom is -0.387 e. The van der Waals surface area contributed by atoms with Gasteiger partial charge in [-0.15, -0.1) is 0 Å². The first-order valence-corrected chi connectivity index (χ1v) is 24.7. The molecule has 9 heteroatoms. The van der Waals surface area contributed by atoms with Crippen molar-refractivity contribution in [3.63, 3.8) is 0 Å². The third-order valence-electron chi connectivity index (χ3n) is 10.4. The Bertz CT molecular complexity index is 953. The van der Waals surface area contributed by atoms with E-state index in [1.807, 2.05) is 27.2 Å². The van der Waals surface area contributed by atoms with Gasteiger partial charge < -0.3 is 19.8 Å². The van der Waals surface area contributed by atoms with Crippen molar-refractivity contribution in [2.24, 2.45) is 0 Å². The Morgan fingerprint density at radius 3 is 1.45 bits per heavy atom. The van der Waals surface area contributed by atoms with Gasteiger partial charge in [0.1, 0.15) is 13.2 Å². The van der Waals surface area contributed by atoms with Crippen molar-refractivity contribution < 1.29 is 32.9 Å². The van der Waals surface area contributed by atoms with E-state index in [2.05, 4.69) is 31.3 Å². The normalized spacial score (nSPS) is 14.5. The first-order chi connectivity index (χ1) is 26.5. The minimum atomic E-state index is -4.34. The molecule has 3 N–H and O–H groups in total. The number of likely N-dealkylation sites (N-methyl/N-ethyl adjacent to an activating group) is 1. The minimum absolute atomic E-state index is 0.0582. The summed E-state index contributed by atoms with van der Waals surface area (Å²) in [6.45, 7) is 4.80. The molecule has 0 aromatic carbocycles. The number of hydrogen-bond donors (Lipinski definition) is 3. The van der Waals surface area contributed by atoms with E-state index in [1.165, 1.54) is 154 Å².